The van der Waals surface area contributed by atoms with Crippen LogP contribution in [0.25, 0.3) is 22.6 Å². The fourth-order valence-electron chi connectivity index (χ4n) is 1.61. The number of nitrogens with one attached hydrogen (secondary N) is 2. The number of nitrogens with two attached hydrogens (primary N) is 1. The van der Waals surface area contributed by atoms with Gasteiger partial charge in [-0.05, 0) is 12.1 Å². The number of rotatable bonds is 1. The molecular weight excluding hydrogens is 261 g/mol. The molecule has 3 aromatic rings. The van der Waals surface area contributed by atoms with Crippen LogP contribution in [0.5, 0.6) is 0 Å². The summed E-state index contributed by atoms with van der Waals surface area (Å²) in [5, 5.41) is 7.56. The molecule has 0 amide bonds. The minimum atomic E-state index is 0.467. The van der Waals surface area contributed by atoms with Gasteiger partial charge >= 0.3 is 0 Å². The van der Waals surface area contributed by atoms with E-state index in [-0.39, 0.29) is 0 Å². The van der Waals surface area contributed by atoms with Crippen LogP contribution in [-0.4, -0.2) is 20.2 Å². The molecule has 0 radical (unpaired) electrons. The quantitative estimate of drug-likeness (QED) is 0.634. The maximum Gasteiger partial charge on any atom is 0.158 e. The van der Waals surface area contributed by atoms with Gasteiger partial charge in [0.1, 0.15) is 5.69 Å². The van der Waals surface area contributed by atoms with E-state index in [2.05, 4.69) is 20.2 Å². The Bertz CT molecular complexity index is 661. The third-order valence-electron chi connectivity index (χ3n) is 2.43. The van der Waals surface area contributed by atoms with Crippen molar-refractivity contribution in [1.82, 2.24) is 20.2 Å². The third-order valence-corrected chi connectivity index (χ3v) is 3.15. The first-order valence-corrected chi connectivity index (χ1v) is 5.54. The Hall–Kier alpha value is -1.72. The van der Waals surface area contributed by atoms with Gasteiger partial charge in [0.2, 0.25) is 0 Å². The van der Waals surface area contributed by atoms with E-state index < -0.39 is 0 Å². The molecule has 0 aliphatic rings. The van der Waals surface area contributed by atoms with Gasteiger partial charge in [-0.1, -0.05) is 23.2 Å². The number of H-pyrrole nitrogens is 2. The van der Waals surface area contributed by atoms with Crippen molar-refractivity contribution < 1.29 is 0 Å². The number of aromatic amines is 2. The van der Waals surface area contributed by atoms with Gasteiger partial charge in [-0.3, -0.25) is 5.10 Å². The van der Waals surface area contributed by atoms with Crippen LogP contribution >= 0.6 is 23.2 Å². The number of hydrogen-bond acceptors (Lipinski definition) is 3. The molecule has 0 saturated heterocycles. The minimum Gasteiger partial charge on any atom is -0.396 e. The van der Waals surface area contributed by atoms with E-state index in [1.807, 2.05) is 0 Å². The first-order valence-electron chi connectivity index (χ1n) is 4.79. The topological polar surface area (TPSA) is 83.4 Å². The molecule has 4 N–H and O–H groups in total. The number of hydrogen-bond donors (Lipinski definition) is 3. The lowest BCUT2D eigenvalue weighted by molar-refractivity contribution is 1.08. The monoisotopic (exact) mass is 267 g/mol. The molecule has 86 valence electrons. The van der Waals surface area contributed by atoms with Gasteiger partial charge in [0.25, 0.3) is 0 Å². The van der Waals surface area contributed by atoms with Crippen molar-refractivity contribution in [2.24, 2.45) is 0 Å². The van der Waals surface area contributed by atoms with Crippen LogP contribution in [0.2, 0.25) is 10.0 Å². The number of halogens is 2. The number of aromatic nitrogens is 4. The molecule has 0 bridgehead atoms. The molecular formula is C10H7Cl2N5. The number of anilines is 1. The molecule has 5 nitrogen and oxygen atoms in total. The summed E-state index contributed by atoms with van der Waals surface area (Å²) in [4.78, 5) is 7.47. The zero-order valence-corrected chi connectivity index (χ0v) is 9.97. The number of benzene rings is 1. The van der Waals surface area contributed by atoms with Crippen LogP contribution in [0.3, 0.4) is 0 Å². The van der Waals surface area contributed by atoms with Crippen molar-refractivity contribution in [2.45, 2.75) is 0 Å². The summed E-state index contributed by atoms with van der Waals surface area (Å²) in [6.07, 6.45) is 1.53. The van der Waals surface area contributed by atoms with E-state index in [0.717, 1.165) is 11.0 Å². The van der Waals surface area contributed by atoms with Crippen molar-refractivity contribution >= 4 is 39.9 Å². The van der Waals surface area contributed by atoms with Crippen LogP contribution in [0.15, 0.2) is 18.3 Å². The first kappa shape index (κ1) is 10.4. The fourth-order valence-corrected chi connectivity index (χ4v) is 1.93. The molecule has 17 heavy (non-hydrogen) atoms. The van der Waals surface area contributed by atoms with E-state index in [1.165, 1.54) is 6.20 Å². The zero-order chi connectivity index (χ0) is 12.0. The highest BCUT2D eigenvalue weighted by Gasteiger charge is 2.11. The molecule has 0 fully saturated rings. The van der Waals surface area contributed by atoms with Crippen LogP contribution < -0.4 is 5.73 Å². The molecule has 1 aromatic carbocycles. The Morgan fingerprint density at radius 1 is 1.18 bits per heavy atom. The predicted octanol–water partition coefficient (Wildman–Crippen LogP) is 2.84. The second kappa shape index (κ2) is 3.65. The Morgan fingerprint density at radius 2 is 1.94 bits per heavy atom. The number of imidazole rings is 1. The SMILES string of the molecule is Nc1cn[nH]c1-c1nc2cc(Cl)c(Cl)cc2[nH]1. The molecule has 0 unspecified atom stereocenters. The van der Waals surface area contributed by atoms with Crippen LogP contribution in [0.4, 0.5) is 5.69 Å². The molecule has 0 saturated carbocycles. The minimum absolute atomic E-state index is 0.467. The van der Waals surface area contributed by atoms with Gasteiger partial charge in [0.05, 0.1) is 33.0 Å². The van der Waals surface area contributed by atoms with Gasteiger partial charge < -0.3 is 10.7 Å². The maximum absolute atomic E-state index is 5.93. The number of nitrogens with zero attached hydrogens (tertiary/aromatic N) is 2. The summed E-state index contributed by atoms with van der Waals surface area (Å²) in [5.41, 5.74) is 8.44. The summed E-state index contributed by atoms with van der Waals surface area (Å²) in [5.74, 6) is 0.605. The lowest BCUT2D eigenvalue weighted by Crippen LogP contribution is -1.87. The van der Waals surface area contributed by atoms with Crippen molar-refractivity contribution in [2.75, 3.05) is 5.73 Å². The smallest absolute Gasteiger partial charge is 0.158 e. The zero-order valence-electron chi connectivity index (χ0n) is 8.46. The first-order chi connectivity index (χ1) is 8.15. The highest BCUT2D eigenvalue weighted by molar-refractivity contribution is 6.42. The highest BCUT2D eigenvalue weighted by Crippen LogP contribution is 2.29. The highest BCUT2D eigenvalue weighted by atomic mass is 35.5. The Kier molecular flexibility index (Phi) is 2.24. The largest absolute Gasteiger partial charge is 0.396 e. The van der Waals surface area contributed by atoms with Gasteiger partial charge in [-0.15, -0.1) is 0 Å². The van der Waals surface area contributed by atoms with Crippen molar-refractivity contribution in [1.29, 1.82) is 0 Å². The Labute approximate surface area is 106 Å². The second-order valence-corrected chi connectivity index (χ2v) is 4.38. The Balaban J connectivity index is 2.24. The lowest BCUT2D eigenvalue weighted by Gasteiger charge is -1.93. The molecule has 3 rings (SSSR count). The standard InChI is InChI=1S/C10H7Cl2N5/c11-4-1-7-8(2-5(4)12)16-10(15-7)9-6(13)3-14-17-9/h1-3H,13H2,(H,14,17)(H,15,16). The van der Waals surface area contributed by atoms with Crippen molar-refractivity contribution in [3.63, 3.8) is 0 Å². The van der Waals surface area contributed by atoms with E-state index in [0.29, 0.717) is 27.3 Å². The van der Waals surface area contributed by atoms with Crippen LogP contribution in [0.1, 0.15) is 0 Å². The molecule has 2 heterocycles. The van der Waals surface area contributed by atoms with E-state index >= 15 is 0 Å². The summed E-state index contributed by atoms with van der Waals surface area (Å²) in [6.45, 7) is 0. The Morgan fingerprint density at radius 3 is 2.65 bits per heavy atom. The normalized spacial score (nSPS) is 11.2. The lowest BCUT2D eigenvalue weighted by atomic mass is 10.3. The van der Waals surface area contributed by atoms with Gasteiger partial charge in [-0.2, -0.15) is 5.10 Å². The summed E-state index contributed by atoms with van der Waals surface area (Å²) >= 11 is 11.9. The third kappa shape index (κ3) is 1.64. The number of nitrogen functional groups attached to an aromatic ring is 1. The molecule has 7 heteroatoms. The number of fused-ring (bicyclic) bond motifs is 1. The fraction of sp³-hybridized carbons (Fsp3) is 0. The molecule has 0 aliphatic carbocycles. The van der Waals surface area contributed by atoms with E-state index in [4.69, 9.17) is 28.9 Å². The summed E-state index contributed by atoms with van der Waals surface area (Å²) in [6, 6.07) is 3.42. The summed E-state index contributed by atoms with van der Waals surface area (Å²) in [7, 11) is 0. The molecule has 2 aromatic heterocycles. The predicted molar refractivity (Wildman–Crippen MR) is 68.1 cm³/mol. The molecule has 0 atom stereocenters. The second-order valence-electron chi connectivity index (χ2n) is 3.57. The van der Waals surface area contributed by atoms with E-state index in [1.54, 1.807) is 12.1 Å². The van der Waals surface area contributed by atoms with Crippen molar-refractivity contribution in [3.8, 4) is 11.5 Å². The van der Waals surface area contributed by atoms with Gasteiger partial charge in [-0.25, -0.2) is 4.98 Å². The maximum atomic E-state index is 5.93. The van der Waals surface area contributed by atoms with Gasteiger partial charge in [0.15, 0.2) is 5.82 Å². The summed E-state index contributed by atoms with van der Waals surface area (Å²) < 4.78 is 0. The van der Waals surface area contributed by atoms with Crippen LogP contribution in [-0.2, 0) is 0 Å². The van der Waals surface area contributed by atoms with E-state index in [9.17, 15) is 0 Å². The average molecular weight is 268 g/mol. The average Bonchev–Trinajstić information content (AvgIpc) is 2.85. The molecule has 0 aliphatic heterocycles. The van der Waals surface area contributed by atoms with Crippen molar-refractivity contribution in [3.05, 3.63) is 28.4 Å². The van der Waals surface area contributed by atoms with Crippen LogP contribution in [0, 0.1) is 0 Å². The van der Waals surface area contributed by atoms with Gasteiger partial charge in [0, 0.05) is 0 Å². The molecule has 0 spiro atoms.